The van der Waals surface area contributed by atoms with Crippen LogP contribution in [-0.2, 0) is 21.4 Å². The van der Waals surface area contributed by atoms with Crippen molar-refractivity contribution in [3.8, 4) is 0 Å². The molecule has 1 aliphatic rings. The number of rotatable bonds is 5. The molecule has 1 saturated carbocycles. The van der Waals surface area contributed by atoms with Crippen molar-refractivity contribution in [2.24, 2.45) is 0 Å². The van der Waals surface area contributed by atoms with Gasteiger partial charge in [0.05, 0.1) is 6.54 Å². The SMILES string of the molecule is CC(=O)NCc1ccc(S(=O)(=O)NC2CCCCCCC2)s1. The lowest BCUT2D eigenvalue weighted by molar-refractivity contribution is -0.119. The molecular weight excluding hydrogens is 320 g/mol. The highest BCUT2D eigenvalue weighted by atomic mass is 32.2. The smallest absolute Gasteiger partial charge is 0.250 e. The Bertz CT molecular complexity index is 588. The number of amides is 1. The molecule has 1 amide bonds. The zero-order valence-electron chi connectivity index (χ0n) is 12.9. The van der Waals surface area contributed by atoms with E-state index in [2.05, 4.69) is 10.0 Å². The Kier molecular flexibility index (Phi) is 6.40. The molecule has 7 heteroatoms. The predicted molar refractivity (Wildman–Crippen MR) is 88.3 cm³/mol. The molecule has 1 fully saturated rings. The lowest BCUT2D eigenvalue weighted by atomic mass is 9.97. The van der Waals surface area contributed by atoms with Crippen LogP contribution in [0.2, 0.25) is 0 Å². The van der Waals surface area contributed by atoms with E-state index in [1.165, 1.54) is 37.5 Å². The molecule has 2 rings (SSSR count). The fraction of sp³-hybridized carbons (Fsp3) is 0.667. The number of hydrogen-bond donors (Lipinski definition) is 2. The van der Waals surface area contributed by atoms with Crippen molar-refractivity contribution in [3.05, 3.63) is 17.0 Å². The molecule has 5 nitrogen and oxygen atoms in total. The number of thiophene rings is 1. The summed E-state index contributed by atoms with van der Waals surface area (Å²) in [4.78, 5) is 11.7. The van der Waals surface area contributed by atoms with Gasteiger partial charge in [-0.25, -0.2) is 13.1 Å². The summed E-state index contributed by atoms with van der Waals surface area (Å²) < 4.78 is 28.1. The molecule has 0 saturated heterocycles. The summed E-state index contributed by atoms with van der Waals surface area (Å²) in [7, 11) is -3.45. The van der Waals surface area contributed by atoms with Gasteiger partial charge >= 0.3 is 0 Å². The summed E-state index contributed by atoms with van der Waals surface area (Å²) in [5.74, 6) is -0.120. The highest BCUT2D eigenvalue weighted by Gasteiger charge is 2.22. The van der Waals surface area contributed by atoms with Crippen molar-refractivity contribution in [2.45, 2.75) is 68.7 Å². The van der Waals surface area contributed by atoms with Crippen LogP contribution in [0.5, 0.6) is 0 Å². The Morgan fingerprint density at radius 3 is 2.45 bits per heavy atom. The first-order valence-corrected chi connectivity index (χ1v) is 10.1. The molecule has 1 heterocycles. The van der Waals surface area contributed by atoms with E-state index in [0.29, 0.717) is 10.8 Å². The zero-order valence-corrected chi connectivity index (χ0v) is 14.6. The molecular formula is C15H24N2O3S2. The van der Waals surface area contributed by atoms with E-state index < -0.39 is 10.0 Å². The first-order chi connectivity index (χ1) is 10.5. The summed E-state index contributed by atoms with van der Waals surface area (Å²) in [6, 6.07) is 3.42. The van der Waals surface area contributed by atoms with E-state index in [0.717, 1.165) is 30.6 Å². The van der Waals surface area contributed by atoms with Gasteiger partial charge in [0.1, 0.15) is 4.21 Å². The van der Waals surface area contributed by atoms with Gasteiger partial charge in [0, 0.05) is 17.8 Å². The van der Waals surface area contributed by atoms with Gasteiger partial charge in [-0.3, -0.25) is 4.79 Å². The van der Waals surface area contributed by atoms with Gasteiger partial charge in [-0.15, -0.1) is 11.3 Å². The van der Waals surface area contributed by atoms with Gasteiger partial charge in [-0.1, -0.05) is 32.1 Å². The third-order valence-electron chi connectivity index (χ3n) is 3.84. The molecule has 124 valence electrons. The fourth-order valence-electron chi connectivity index (χ4n) is 2.66. The van der Waals surface area contributed by atoms with Crippen molar-refractivity contribution in [2.75, 3.05) is 0 Å². The van der Waals surface area contributed by atoms with Crippen molar-refractivity contribution in [1.29, 1.82) is 0 Å². The predicted octanol–water partition coefficient (Wildman–Crippen LogP) is 2.78. The molecule has 1 aromatic rings. The molecule has 0 radical (unpaired) electrons. The first kappa shape index (κ1) is 17.4. The van der Waals surface area contributed by atoms with E-state index >= 15 is 0 Å². The molecule has 0 spiro atoms. The summed E-state index contributed by atoms with van der Waals surface area (Å²) in [5, 5.41) is 2.68. The highest BCUT2D eigenvalue weighted by Crippen LogP contribution is 2.24. The van der Waals surface area contributed by atoms with Crippen LogP contribution in [0.4, 0.5) is 0 Å². The molecule has 2 N–H and O–H groups in total. The zero-order chi connectivity index (χ0) is 16.0. The summed E-state index contributed by atoms with van der Waals surface area (Å²) in [5.41, 5.74) is 0. The second-order valence-corrected chi connectivity index (χ2v) is 8.90. The first-order valence-electron chi connectivity index (χ1n) is 7.83. The quantitative estimate of drug-likeness (QED) is 0.862. The van der Waals surface area contributed by atoms with Crippen LogP contribution in [0.1, 0.15) is 56.7 Å². The van der Waals surface area contributed by atoms with E-state index in [1.807, 2.05) is 0 Å². The molecule has 22 heavy (non-hydrogen) atoms. The number of sulfonamides is 1. The van der Waals surface area contributed by atoms with Gasteiger partial charge in [-0.05, 0) is 25.0 Å². The van der Waals surface area contributed by atoms with Crippen molar-refractivity contribution >= 4 is 27.3 Å². The molecule has 0 aromatic carbocycles. The minimum Gasteiger partial charge on any atom is -0.351 e. The molecule has 1 aliphatic carbocycles. The summed E-state index contributed by atoms with van der Waals surface area (Å²) in [6.45, 7) is 1.82. The fourth-order valence-corrected chi connectivity index (χ4v) is 5.28. The number of carbonyl (C=O) groups is 1. The Hall–Kier alpha value is -0.920. The highest BCUT2D eigenvalue weighted by molar-refractivity contribution is 7.91. The summed E-state index contributed by atoms with van der Waals surface area (Å²) >= 11 is 1.21. The summed E-state index contributed by atoms with van der Waals surface area (Å²) in [6.07, 6.45) is 7.66. The van der Waals surface area contributed by atoms with Crippen LogP contribution in [0, 0.1) is 0 Å². The Morgan fingerprint density at radius 1 is 1.18 bits per heavy atom. The van der Waals surface area contributed by atoms with Crippen molar-refractivity contribution in [3.63, 3.8) is 0 Å². The Labute approximate surface area is 136 Å². The van der Waals surface area contributed by atoms with Crippen molar-refractivity contribution in [1.82, 2.24) is 10.0 Å². The van der Waals surface area contributed by atoms with Gasteiger partial charge < -0.3 is 5.32 Å². The van der Waals surface area contributed by atoms with Crippen LogP contribution in [0.3, 0.4) is 0 Å². The van der Waals surface area contributed by atoms with E-state index in [4.69, 9.17) is 0 Å². The van der Waals surface area contributed by atoms with Gasteiger partial charge in [0.2, 0.25) is 15.9 Å². The monoisotopic (exact) mass is 344 g/mol. The standard InChI is InChI=1S/C15H24N2O3S2/c1-12(18)16-11-14-9-10-15(21-14)22(19,20)17-13-7-5-3-2-4-6-8-13/h9-10,13,17H,2-8,11H2,1H3,(H,16,18). The van der Waals surface area contributed by atoms with Crippen LogP contribution < -0.4 is 10.0 Å². The van der Waals surface area contributed by atoms with Crippen LogP contribution >= 0.6 is 11.3 Å². The molecule has 1 aromatic heterocycles. The average molecular weight is 345 g/mol. The van der Waals surface area contributed by atoms with Gasteiger partial charge in [-0.2, -0.15) is 0 Å². The lowest BCUT2D eigenvalue weighted by Gasteiger charge is -2.20. The maximum Gasteiger partial charge on any atom is 0.250 e. The average Bonchev–Trinajstić information content (AvgIpc) is 2.89. The maximum atomic E-state index is 12.5. The topological polar surface area (TPSA) is 75.3 Å². The number of hydrogen-bond acceptors (Lipinski definition) is 4. The number of nitrogens with one attached hydrogen (secondary N) is 2. The maximum absolute atomic E-state index is 12.5. The van der Waals surface area contributed by atoms with Gasteiger partial charge in [0.25, 0.3) is 0 Å². The van der Waals surface area contributed by atoms with E-state index in [-0.39, 0.29) is 11.9 Å². The molecule has 0 aliphatic heterocycles. The van der Waals surface area contributed by atoms with Crippen LogP contribution in [-0.4, -0.2) is 20.4 Å². The second-order valence-electron chi connectivity index (χ2n) is 5.79. The van der Waals surface area contributed by atoms with Crippen molar-refractivity contribution < 1.29 is 13.2 Å². The number of carbonyl (C=O) groups excluding carboxylic acids is 1. The molecule has 0 atom stereocenters. The van der Waals surface area contributed by atoms with Crippen LogP contribution in [0.25, 0.3) is 0 Å². The molecule has 0 unspecified atom stereocenters. The minimum atomic E-state index is -3.45. The third kappa shape index (κ3) is 5.37. The Morgan fingerprint density at radius 2 is 1.82 bits per heavy atom. The minimum absolute atomic E-state index is 0.0474. The molecule has 0 bridgehead atoms. The Balaban J connectivity index is 1.98. The van der Waals surface area contributed by atoms with Crippen LogP contribution in [0.15, 0.2) is 16.3 Å². The second kappa shape index (κ2) is 8.08. The third-order valence-corrected chi connectivity index (χ3v) is 6.94. The van der Waals surface area contributed by atoms with E-state index in [1.54, 1.807) is 12.1 Å². The largest absolute Gasteiger partial charge is 0.351 e. The normalized spacial score (nSPS) is 17.7. The van der Waals surface area contributed by atoms with E-state index in [9.17, 15) is 13.2 Å². The van der Waals surface area contributed by atoms with Gasteiger partial charge in [0.15, 0.2) is 0 Å². The lowest BCUT2D eigenvalue weighted by Crippen LogP contribution is -2.34.